The molecule has 0 aromatic rings. The Hall–Kier alpha value is -1.94. The molecule has 0 bridgehead atoms. The zero-order valence-electron chi connectivity index (χ0n) is 53.9. The number of hydrogen-bond acceptors (Lipinski definition) is 15. The number of rotatable bonds is 66. The van der Waals surface area contributed by atoms with Crippen molar-refractivity contribution in [3.05, 3.63) is 0 Å². The highest BCUT2D eigenvalue weighted by Gasteiger charge is 2.30. The first kappa shape index (κ1) is 82.1. The lowest BCUT2D eigenvalue weighted by Crippen LogP contribution is -2.30. The van der Waals surface area contributed by atoms with Crippen LogP contribution in [-0.2, 0) is 65.4 Å². The molecule has 0 spiro atoms. The van der Waals surface area contributed by atoms with Gasteiger partial charge in [0, 0.05) is 25.7 Å². The lowest BCUT2D eigenvalue weighted by atomic mass is 10.0. The topological polar surface area (TPSA) is 237 Å². The summed E-state index contributed by atoms with van der Waals surface area (Å²) in [5.74, 6) is -2.13. The molecule has 498 valence electrons. The number of esters is 4. The van der Waals surface area contributed by atoms with Crippen LogP contribution in [-0.4, -0.2) is 96.7 Å². The lowest BCUT2D eigenvalue weighted by molar-refractivity contribution is -0.161. The minimum absolute atomic E-state index is 0.106. The Morgan fingerprint density at radius 2 is 0.476 bits per heavy atom. The molecule has 0 aliphatic rings. The minimum atomic E-state index is -4.94. The first-order chi connectivity index (χ1) is 40.7. The average Bonchev–Trinajstić information content (AvgIpc) is 3.53. The number of unbranched alkanes of at least 4 members (excludes halogenated alkanes) is 40. The Labute approximate surface area is 511 Å². The molecule has 5 atom stereocenters. The molecule has 0 amide bonds. The van der Waals surface area contributed by atoms with E-state index < -0.39 is 97.5 Å². The standard InChI is InChI=1S/C65H126O17P2/c1-5-9-13-17-21-25-27-29-31-35-38-42-46-50-63(68)76-56-61(82-65(70)52-48-44-40-36-32-30-28-26-22-18-14-10-6-2)58-80-84(73,74)78-54-59(66)53-77-83(71,72)79-57-60(81-64(69)51-47-43-39-34-24-20-16-12-8-4)55-75-62(67)49-45-41-37-33-23-19-15-11-7-3/h59-61,66H,5-58H2,1-4H3,(H,71,72)(H,73,74)/t59-,60+,61+/m0/s1. The second kappa shape index (κ2) is 60.0. The van der Waals surface area contributed by atoms with Gasteiger partial charge in [0.25, 0.3) is 0 Å². The summed E-state index contributed by atoms with van der Waals surface area (Å²) in [6, 6.07) is 0. The number of ether oxygens (including phenoxy) is 4. The third-order valence-corrected chi connectivity index (χ3v) is 17.0. The second-order valence-electron chi connectivity index (χ2n) is 23.5. The van der Waals surface area contributed by atoms with Crippen LogP contribution in [0.1, 0.15) is 336 Å². The molecule has 17 nitrogen and oxygen atoms in total. The predicted octanol–water partition coefficient (Wildman–Crippen LogP) is 18.3. The summed E-state index contributed by atoms with van der Waals surface area (Å²) >= 11 is 0. The van der Waals surface area contributed by atoms with E-state index in [1.54, 1.807) is 0 Å². The zero-order valence-corrected chi connectivity index (χ0v) is 55.7. The second-order valence-corrected chi connectivity index (χ2v) is 26.4. The number of aliphatic hydroxyl groups is 1. The van der Waals surface area contributed by atoms with Gasteiger partial charge in [-0.25, -0.2) is 9.13 Å². The van der Waals surface area contributed by atoms with Crippen molar-refractivity contribution in [1.82, 2.24) is 0 Å². The van der Waals surface area contributed by atoms with Gasteiger partial charge in [-0.05, 0) is 25.7 Å². The van der Waals surface area contributed by atoms with Gasteiger partial charge in [0.2, 0.25) is 0 Å². The molecule has 19 heteroatoms. The van der Waals surface area contributed by atoms with Gasteiger partial charge in [-0.15, -0.1) is 0 Å². The highest BCUT2D eigenvalue weighted by Crippen LogP contribution is 2.45. The fraction of sp³-hybridized carbons (Fsp3) is 0.938. The van der Waals surface area contributed by atoms with Crippen LogP contribution in [0.3, 0.4) is 0 Å². The van der Waals surface area contributed by atoms with Crippen molar-refractivity contribution in [1.29, 1.82) is 0 Å². The molecule has 0 aliphatic heterocycles. The molecule has 0 aromatic heterocycles. The lowest BCUT2D eigenvalue weighted by Gasteiger charge is -2.21. The van der Waals surface area contributed by atoms with E-state index in [0.717, 1.165) is 89.9 Å². The van der Waals surface area contributed by atoms with Crippen LogP contribution < -0.4 is 0 Å². The molecule has 0 fully saturated rings. The first-order valence-electron chi connectivity index (χ1n) is 34.3. The summed E-state index contributed by atoms with van der Waals surface area (Å²) in [4.78, 5) is 72.2. The predicted molar refractivity (Wildman–Crippen MR) is 335 cm³/mol. The summed E-state index contributed by atoms with van der Waals surface area (Å²) in [6.45, 7) is 4.88. The maximum Gasteiger partial charge on any atom is 0.472 e. The number of phosphoric ester groups is 2. The van der Waals surface area contributed by atoms with Crippen molar-refractivity contribution in [2.45, 2.75) is 354 Å². The van der Waals surface area contributed by atoms with E-state index in [9.17, 15) is 43.2 Å². The van der Waals surface area contributed by atoms with E-state index in [4.69, 9.17) is 37.0 Å². The molecular weight excluding hydrogens is 1110 g/mol. The molecule has 0 saturated heterocycles. The van der Waals surface area contributed by atoms with Crippen LogP contribution in [0.15, 0.2) is 0 Å². The monoisotopic (exact) mass is 1240 g/mol. The van der Waals surface area contributed by atoms with Crippen molar-refractivity contribution >= 4 is 39.5 Å². The molecule has 0 heterocycles. The molecular formula is C65H126O17P2. The molecule has 0 aliphatic carbocycles. The molecule has 2 unspecified atom stereocenters. The zero-order chi connectivity index (χ0) is 61.9. The fourth-order valence-corrected chi connectivity index (χ4v) is 11.4. The minimum Gasteiger partial charge on any atom is -0.462 e. The van der Waals surface area contributed by atoms with Crippen LogP contribution in [0.4, 0.5) is 0 Å². The van der Waals surface area contributed by atoms with Crippen LogP contribution in [0.5, 0.6) is 0 Å². The summed E-state index contributed by atoms with van der Waals surface area (Å²) in [6.07, 6.45) is 45.7. The Kier molecular flexibility index (Phi) is 58.6. The van der Waals surface area contributed by atoms with Crippen molar-refractivity contribution in [3.8, 4) is 0 Å². The SMILES string of the molecule is CCCCCCCCCCCCCCCC(=O)OC[C@H](COP(=O)(O)OC[C@@H](O)COP(=O)(O)OC[C@@H](COC(=O)CCCCCCCCCCC)OC(=O)CCCCCCCCCCC)OC(=O)CCCCCCCCCCCCCCC. The molecule has 0 saturated carbocycles. The molecule has 0 rings (SSSR count). The summed E-state index contributed by atoms with van der Waals surface area (Å²) in [5, 5.41) is 10.5. The summed E-state index contributed by atoms with van der Waals surface area (Å²) < 4.78 is 68.0. The maximum atomic E-state index is 13.0. The van der Waals surface area contributed by atoms with Crippen molar-refractivity contribution in [2.24, 2.45) is 0 Å². The maximum absolute atomic E-state index is 13.0. The van der Waals surface area contributed by atoms with Crippen molar-refractivity contribution < 1.29 is 80.2 Å². The average molecular weight is 1240 g/mol. The van der Waals surface area contributed by atoms with Crippen LogP contribution >= 0.6 is 15.6 Å². The van der Waals surface area contributed by atoms with E-state index in [1.807, 2.05) is 0 Å². The largest absolute Gasteiger partial charge is 0.472 e. The Bertz CT molecular complexity index is 1620. The van der Waals surface area contributed by atoms with E-state index in [0.29, 0.717) is 25.7 Å². The number of phosphoric acid groups is 2. The van der Waals surface area contributed by atoms with Crippen LogP contribution in [0, 0.1) is 0 Å². The van der Waals surface area contributed by atoms with Crippen molar-refractivity contribution in [2.75, 3.05) is 39.6 Å². The quantitative estimate of drug-likeness (QED) is 0.0222. The Morgan fingerprint density at radius 3 is 0.702 bits per heavy atom. The third kappa shape index (κ3) is 59.0. The van der Waals surface area contributed by atoms with Gasteiger partial charge in [0.15, 0.2) is 12.2 Å². The van der Waals surface area contributed by atoms with E-state index in [-0.39, 0.29) is 25.7 Å². The van der Waals surface area contributed by atoms with Gasteiger partial charge in [-0.1, -0.05) is 285 Å². The highest BCUT2D eigenvalue weighted by atomic mass is 31.2. The van der Waals surface area contributed by atoms with E-state index in [1.165, 1.54) is 167 Å². The Morgan fingerprint density at radius 1 is 0.286 bits per heavy atom. The highest BCUT2D eigenvalue weighted by molar-refractivity contribution is 7.47. The van der Waals surface area contributed by atoms with Gasteiger partial charge < -0.3 is 33.8 Å². The van der Waals surface area contributed by atoms with Gasteiger partial charge in [0.05, 0.1) is 26.4 Å². The first-order valence-corrected chi connectivity index (χ1v) is 37.3. The summed E-state index contributed by atoms with van der Waals surface area (Å²) in [5.41, 5.74) is 0. The van der Waals surface area contributed by atoms with Crippen molar-refractivity contribution in [3.63, 3.8) is 0 Å². The molecule has 84 heavy (non-hydrogen) atoms. The van der Waals surface area contributed by atoms with Gasteiger partial charge in [0.1, 0.15) is 19.3 Å². The number of carbonyl (C=O) groups is 4. The molecule has 0 radical (unpaired) electrons. The van der Waals surface area contributed by atoms with E-state index in [2.05, 4.69) is 27.7 Å². The number of carbonyl (C=O) groups excluding carboxylic acids is 4. The van der Waals surface area contributed by atoms with E-state index >= 15 is 0 Å². The number of aliphatic hydroxyl groups excluding tert-OH is 1. The fourth-order valence-electron chi connectivity index (χ4n) is 9.81. The normalized spacial score (nSPS) is 14.1. The Balaban J connectivity index is 5.22. The molecule has 0 aromatic carbocycles. The van der Waals surface area contributed by atoms with Gasteiger partial charge >= 0.3 is 39.5 Å². The van der Waals surface area contributed by atoms with Gasteiger partial charge in [-0.2, -0.15) is 0 Å². The smallest absolute Gasteiger partial charge is 0.462 e. The van der Waals surface area contributed by atoms with Gasteiger partial charge in [-0.3, -0.25) is 37.3 Å². The third-order valence-electron chi connectivity index (χ3n) is 15.1. The number of hydrogen-bond donors (Lipinski definition) is 3. The van der Waals surface area contributed by atoms with Crippen LogP contribution in [0.2, 0.25) is 0 Å². The molecule has 3 N–H and O–H groups in total. The van der Waals surface area contributed by atoms with Crippen LogP contribution in [0.25, 0.3) is 0 Å². The summed E-state index contributed by atoms with van der Waals surface area (Å²) in [7, 11) is -9.88.